The molecule has 0 radical (unpaired) electrons. The average Bonchev–Trinajstić information content (AvgIpc) is 2.32. The first-order valence-electron chi connectivity index (χ1n) is 6.55. The molecule has 1 aromatic carbocycles. The summed E-state index contributed by atoms with van der Waals surface area (Å²) in [5.41, 5.74) is 0.273. The van der Waals surface area contributed by atoms with Gasteiger partial charge >= 0.3 is 5.97 Å². The molecule has 1 saturated carbocycles. The maximum absolute atomic E-state index is 11.8. The SMILES string of the molecule is COc1ccccc1C(N(C)C)C1(C(=O)O)CCC1. The fourth-order valence-electron chi connectivity index (χ4n) is 3.12. The van der Waals surface area contributed by atoms with Crippen molar-refractivity contribution in [3.63, 3.8) is 0 Å². The number of para-hydroxylation sites is 1. The van der Waals surface area contributed by atoms with E-state index in [4.69, 9.17) is 4.74 Å². The van der Waals surface area contributed by atoms with Crippen LogP contribution >= 0.6 is 0 Å². The van der Waals surface area contributed by atoms with E-state index >= 15 is 0 Å². The van der Waals surface area contributed by atoms with Crippen molar-refractivity contribution < 1.29 is 14.6 Å². The lowest BCUT2D eigenvalue weighted by Gasteiger charge is -2.47. The highest BCUT2D eigenvalue weighted by atomic mass is 16.5. The lowest BCUT2D eigenvalue weighted by molar-refractivity contribution is -0.161. The Bertz CT molecular complexity index is 466. The molecule has 1 aromatic rings. The number of benzene rings is 1. The van der Waals surface area contributed by atoms with Gasteiger partial charge in [0.15, 0.2) is 0 Å². The minimum Gasteiger partial charge on any atom is -0.496 e. The molecule has 1 N–H and O–H groups in total. The number of methoxy groups -OCH3 is 1. The summed E-state index contributed by atoms with van der Waals surface area (Å²) in [6.45, 7) is 0. The zero-order valence-corrected chi connectivity index (χ0v) is 11.7. The summed E-state index contributed by atoms with van der Waals surface area (Å²) in [5, 5.41) is 9.66. The predicted molar refractivity (Wildman–Crippen MR) is 73.3 cm³/mol. The van der Waals surface area contributed by atoms with E-state index in [-0.39, 0.29) is 6.04 Å². The number of ether oxygens (including phenoxy) is 1. The highest BCUT2D eigenvalue weighted by Gasteiger charge is 2.52. The minimum absolute atomic E-state index is 0.158. The third-order valence-electron chi connectivity index (χ3n) is 4.15. The van der Waals surface area contributed by atoms with Gasteiger partial charge in [-0.15, -0.1) is 0 Å². The Morgan fingerprint density at radius 3 is 2.42 bits per heavy atom. The summed E-state index contributed by atoms with van der Waals surface area (Å²) < 4.78 is 5.40. The quantitative estimate of drug-likeness (QED) is 0.887. The van der Waals surface area contributed by atoms with Crippen LogP contribution in [-0.2, 0) is 4.79 Å². The van der Waals surface area contributed by atoms with Gasteiger partial charge in [0.05, 0.1) is 18.6 Å². The van der Waals surface area contributed by atoms with Crippen LogP contribution in [0.4, 0.5) is 0 Å². The number of hydrogen-bond donors (Lipinski definition) is 1. The van der Waals surface area contributed by atoms with E-state index in [0.29, 0.717) is 0 Å². The van der Waals surface area contributed by atoms with Gasteiger partial charge < -0.3 is 14.7 Å². The molecule has 1 unspecified atom stereocenters. The van der Waals surface area contributed by atoms with Gasteiger partial charge in [0, 0.05) is 5.56 Å². The van der Waals surface area contributed by atoms with Crippen molar-refractivity contribution in [2.75, 3.05) is 21.2 Å². The van der Waals surface area contributed by atoms with Crippen LogP contribution in [0.1, 0.15) is 30.9 Å². The average molecular weight is 263 g/mol. The molecule has 0 aromatic heterocycles. The van der Waals surface area contributed by atoms with Crippen LogP contribution < -0.4 is 4.74 Å². The Morgan fingerprint density at radius 2 is 2.00 bits per heavy atom. The largest absolute Gasteiger partial charge is 0.496 e. The normalized spacial score (nSPS) is 18.7. The van der Waals surface area contributed by atoms with Crippen molar-refractivity contribution >= 4 is 5.97 Å². The molecular formula is C15H21NO3. The van der Waals surface area contributed by atoms with Crippen LogP contribution in [0.5, 0.6) is 5.75 Å². The Kier molecular flexibility index (Phi) is 3.80. The van der Waals surface area contributed by atoms with Gasteiger partial charge in [-0.25, -0.2) is 0 Å². The highest BCUT2D eigenvalue weighted by Crippen LogP contribution is 2.53. The van der Waals surface area contributed by atoms with Crippen LogP contribution in [0, 0.1) is 5.41 Å². The minimum atomic E-state index is -0.705. The van der Waals surface area contributed by atoms with E-state index in [9.17, 15) is 9.90 Å². The summed E-state index contributed by atoms with van der Waals surface area (Å²) in [6.07, 6.45) is 2.43. The monoisotopic (exact) mass is 263 g/mol. The van der Waals surface area contributed by atoms with E-state index in [0.717, 1.165) is 30.6 Å². The first kappa shape index (κ1) is 13.9. The Hall–Kier alpha value is -1.55. The van der Waals surface area contributed by atoms with Crippen LogP contribution in [0.25, 0.3) is 0 Å². The van der Waals surface area contributed by atoms with Crippen LogP contribution in [0.2, 0.25) is 0 Å². The summed E-state index contributed by atoms with van der Waals surface area (Å²) >= 11 is 0. The van der Waals surface area contributed by atoms with E-state index in [1.54, 1.807) is 7.11 Å². The lowest BCUT2D eigenvalue weighted by atomic mass is 9.62. The number of carbonyl (C=O) groups is 1. The molecule has 0 aliphatic heterocycles. The van der Waals surface area contributed by atoms with Crippen molar-refractivity contribution in [2.24, 2.45) is 5.41 Å². The molecule has 0 spiro atoms. The fourth-order valence-corrected chi connectivity index (χ4v) is 3.12. The number of rotatable bonds is 5. The zero-order chi connectivity index (χ0) is 14.0. The van der Waals surface area contributed by atoms with Gasteiger partial charge in [-0.3, -0.25) is 4.79 Å². The molecule has 1 atom stereocenters. The maximum Gasteiger partial charge on any atom is 0.311 e. The molecule has 19 heavy (non-hydrogen) atoms. The number of hydrogen-bond acceptors (Lipinski definition) is 3. The van der Waals surface area contributed by atoms with Crippen molar-refractivity contribution in [1.29, 1.82) is 0 Å². The van der Waals surface area contributed by atoms with Crippen LogP contribution in [0.15, 0.2) is 24.3 Å². The molecule has 2 rings (SSSR count). The molecule has 0 amide bonds. The van der Waals surface area contributed by atoms with Crippen molar-refractivity contribution in [3.05, 3.63) is 29.8 Å². The summed E-state index contributed by atoms with van der Waals surface area (Å²) in [7, 11) is 5.49. The standard InChI is InChI=1S/C15H21NO3/c1-16(2)13(15(14(17)18)9-6-10-15)11-7-4-5-8-12(11)19-3/h4-5,7-8,13H,6,9-10H2,1-3H3,(H,17,18). The summed E-state index contributed by atoms with van der Waals surface area (Å²) in [6, 6.07) is 7.54. The van der Waals surface area contributed by atoms with E-state index in [1.165, 1.54) is 0 Å². The molecule has 0 saturated heterocycles. The van der Waals surface area contributed by atoms with Crippen LogP contribution in [0.3, 0.4) is 0 Å². The number of carboxylic acids is 1. The topological polar surface area (TPSA) is 49.8 Å². The molecule has 104 valence electrons. The summed E-state index contributed by atoms with van der Waals surface area (Å²) in [5.74, 6) is 0.0529. The molecular weight excluding hydrogens is 242 g/mol. The van der Waals surface area contributed by atoms with Gasteiger partial charge in [-0.1, -0.05) is 24.6 Å². The van der Waals surface area contributed by atoms with E-state index in [1.807, 2.05) is 43.3 Å². The third-order valence-corrected chi connectivity index (χ3v) is 4.15. The number of carboxylic acid groups (broad SMARTS) is 1. The third kappa shape index (κ3) is 2.21. The van der Waals surface area contributed by atoms with E-state index in [2.05, 4.69) is 0 Å². The fraction of sp³-hybridized carbons (Fsp3) is 0.533. The van der Waals surface area contributed by atoms with Crippen LogP contribution in [-0.4, -0.2) is 37.2 Å². The second kappa shape index (κ2) is 5.21. The van der Waals surface area contributed by atoms with Gasteiger partial charge in [0.2, 0.25) is 0 Å². The molecule has 0 heterocycles. The van der Waals surface area contributed by atoms with Crippen molar-refractivity contribution in [3.8, 4) is 5.75 Å². The highest BCUT2D eigenvalue weighted by molar-refractivity contribution is 5.77. The second-order valence-corrected chi connectivity index (χ2v) is 5.42. The zero-order valence-electron chi connectivity index (χ0n) is 11.7. The smallest absolute Gasteiger partial charge is 0.311 e. The van der Waals surface area contributed by atoms with Gasteiger partial charge in [-0.05, 0) is 33.0 Å². The Morgan fingerprint density at radius 1 is 1.37 bits per heavy atom. The molecule has 4 nitrogen and oxygen atoms in total. The summed E-state index contributed by atoms with van der Waals surface area (Å²) in [4.78, 5) is 13.7. The molecule has 0 bridgehead atoms. The van der Waals surface area contributed by atoms with E-state index < -0.39 is 11.4 Å². The molecule has 1 aliphatic rings. The first-order chi connectivity index (χ1) is 9.03. The number of aliphatic carboxylic acids is 1. The van der Waals surface area contributed by atoms with Gasteiger partial charge in [0.25, 0.3) is 0 Å². The first-order valence-corrected chi connectivity index (χ1v) is 6.55. The van der Waals surface area contributed by atoms with Gasteiger partial charge in [-0.2, -0.15) is 0 Å². The van der Waals surface area contributed by atoms with Crippen molar-refractivity contribution in [2.45, 2.75) is 25.3 Å². The predicted octanol–water partition coefficient (Wildman–Crippen LogP) is 2.55. The molecule has 1 fully saturated rings. The Balaban J connectivity index is 2.49. The Labute approximate surface area is 114 Å². The van der Waals surface area contributed by atoms with Crippen molar-refractivity contribution in [1.82, 2.24) is 4.90 Å². The molecule has 1 aliphatic carbocycles. The molecule has 4 heteroatoms. The lowest BCUT2D eigenvalue weighted by Crippen LogP contribution is -2.48. The second-order valence-electron chi connectivity index (χ2n) is 5.42. The van der Waals surface area contributed by atoms with Gasteiger partial charge in [0.1, 0.15) is 5.75 Å². The number of nitrogens with zero attached hydrogens (tertiary/aromatic N) is 1. The maximum atomic E-state index is 11.8.